The lowest BCUT2D eigenvalue weighted by molar-refractivity contribution is -0.127. The molecule has 2 saturated carbocycles. The Morgan fingerprint density at radius 2 is 1.88 bits per heavy atom. The average Bonchev–Trinajstić information content (AvgIpc) is 2.17. The maximum absolute atomic E-state index is 11.8. The third-order valence-electron chi connectivity index (χ3n) is 4.13. The molecule has 3 nitrogen and oxygen atoms in total. The van der Waals surface area contributed by atoms with Crippen molar-refractivity contribution in [2.45, 2.75) is 45.1 Å². The lowest BCUT2D eigenvalue weighted by Gasteiger charge is -2.43. The number of hydrogen-bond acceptors (Lipinski definition) is 2. The number of carbonyl (C=O) groups is 1. The van der Waals surface area contributed by atoms with Gasteiger partial charge >= 0.3 is 0 Å². The van der Waals surface area contributed by atoms with E-state index in [-0.39, 0.29) is 24.2 Å². The summed E-state index contributed by atoms with van der Waals surface area (Å²) in [7, 11) is 0. The van der Waals surface area contributed by atoms with Gasteiger partial charge in [-0.15, -0.1) is 12.4 Å². The number of nitrogens with two attached hydrogens (primary N) is 1. The van der Waals surface area contributed by atoms with Crippen LogP contribution in [0.2, 0.25) is 0 Å². The summed E-state index contributed by atoms with van der Waals surface area (Å²) in [5.74, 6) is 1.69. The minimum atomic E-state index is 0. The molecule has 2 unspecified atom stereocenters. The van der Waals surface area contributed by atoms with Gasteiger partial charge in [-0.1, -0.05) is 6.42 Å². The number of fused-ring (bicyclic) bond motifs is 2. The number of rotatable bonds is 2. The van der Waals surface area contributed by atoms with Gasteiger partial charge in [-0.05, 0) is 44.4 Å². The van der Waals surface area contributed by atoms with Crippen LogP contribution in [0.5, 0.6) is 0 Å². The van der Waals surface area contributed by atoms with Crippen molar-refractivity contribution in [3.8, 4) is 0 Å². The minimum absolute atomic E-state index is 0. The molecular formula is C12H23ClN2O. The fourth-order valence-electron chi connectivity index (χ4n) is 3.32. The summed E-state index contributed by atoms with van der Waals surface area (Å²) in [5, 5.41) is 2.94. The summed E-state index contributed by atoms with van der Waals surface area (Å²) >= 11 is 0. The normalized spacial score (nSPS) is 37.4. The monoisotopic (exact) mass is 246 g/mol. The van der Waals surface area contributed by atoms with Crippen molar-refractivity contribution in [3.05, 3.63) is 0 Å². The van der Waals surface area contributed by atoms with E-state index in [9.17, 15) is 4.79 Å². The molecule has 0 saturated heterocycles. The zero-order valence-electron chi connectivity index (χ0n) is 9.95. The van der Waals surface area contributed by atoms with Crippen molar-refractivity contribution in [1.29, 1.82) is 0 Å². The molecule has 2 atom stereocenters. The predicted octanol–water partition coefficient (Wildman–Crippen LogP) is 1.70. The van der Waals surface area contributed by atoms with E-state index in [4.69, 9.17) is 5.73 Å². The number of halogens is 1. The maximum atomic E-state index is 11.8. The van der Waals surface area contributed by atoms with E-state index in [1.807, 2.05) is 6.92 Å². The van der Waals surface area contributed by atoms with Crippen molar-refractivity contribution >= 4 is 18.3 Å². The van der Waals surface area contributed by atoms with Crippen LogP contribution in [-0.4, -0.2) is 18.5 Å². The van der Waals surface area contributed by atoms with E-state index >= 15 is 0 Å². The second kappa shape index (κ2) is 5.87. The molecule has 94 valence electrons. The van der Waals surface area contributed by atoms with E-state index in [2.05, 4.69) is 5.32 Å². The van der Waals surface area contributed by atoms with Gasteiger partial charge in [0, 0.05) is 18.5 Å². The van der Waals surface area contributed by atoms with Gasteiger partial charge in [-0.3, -0.25) is 4.79 Å². The molecule has 2 rings (SSSR count). The van der Waals surface area contributed by atoms with E-state index in [1.165, 1.54) is 19.3 Å². The SMILES string of the molecule is CCNC(=O)C1CC2CCCC(C1)C2N.Cl. The maximum Gasteiger partial charge on any atom is 0.223 e. The molecule has 2 bridgehead atoms. The van der Waals surface area contributed by atoms with Gasteiger partial charge in [-0.2, -0.15) is 0 Å². The van der Waals surface area contributed by atoms with E-state index in [0.29, 0.717) is 17.9 Å². The van der Waals surface area contributed by atoms with Gasteiger partial charge in [-0.25, -0.2) is 0 Å². The molecule has 0 aromatic rings. The highest BCUT2D eigenvalue weighted by atomic mass is 35.5. The van der Waals surface area contributed by atoms with Gasteiger partial charge in [0.25, 0.3) is 0 Å². The van der Waals surface area contributed by atoms with Crippen LogP contribution in [0.1, 0.15) is 39.0 Å². The summed E-state index contributed by atoms with van der Waals surface area (Å²) < 4.78 is 0. The summed E-state index contributed by atoms with van der Waals surface area (Å²) in [5.41, 5.74) is 6.19. The molecule has 0 aromatic heterocycles. The van der Waals surface area contributed by atoms with Crippen LogP contribution in [-0.2, 0) is 4.79 Å². The number of nitrogens with one attached hydrogen (secondary N) is 1. The zero-order chi connectivity index (χ0) is 10.8. The van der Waals surface area contributed by atoms with Crippen LogP contribution in [0, 0.1) is 17.8 Å². The highest BCUT2D eigenvalue weighted by Gasteiger charge is 2.40. The van der Waals surface area contributed by atoms with E-state index in [0.717, 1.165) is 19.4 Å². The molecule has 3 N–H and O–H groups in total. The number of hydrogen-bond donors (Lipinski definition) is 2. The Hall–Kier alpha value is -0.280. The first-order valence-corrected chi connectivity index (χ1v) is 6.25. The molecule has 0 aromatic carbocycles. The Bertz CT molecular complexity index is 233. The van der Waals surface area contributed by atoms with Crippen LogP contribution in [0.4, 0.5) is 0 Å². The Morgan fingerprint density at radius 1 is 1.31 bits per heavy atom. The summed E-state index contributed by atoms with van der Waals surface area (Å²) in [4.78, 5) is 11.8. The third-order valence-corrected chi connectivity index (χ3v) is 4.13. The Balaban J connectivity index is 0.00000128. The van der Waals surface area contributed by atoms with Gasteiger partial charge < -0.3 is 11.1 Å². The van der Waals surface area contributed by atoms with Crippen LogP contribution >= 0.6 is 12.4 Å². The Labute approximate surface area is 104 Å². The van der Waals surface area contributed by atoms with Crippen molar-refractivity contribution in [1.82, 2.24) is 5.32 Å². The summed E-state index contributed by atoms with van der Waals surface area (Å²) in [6.07, 6.45) is 5.80. The van der Waals surface area contributed by atoms with Crippen LogP contribution in [0.3, 0.4) is 0 Å². The average molecular weight is 247 g/mol. The zero-order valence-corrected chi connectivity index (χ0v) is 10.8. The van der Waals surface area contributed by atoms with Gasteiger partial charge in [0.2, 0.25) is 5.91 Å². The lowest BCUT2D eigenvalue weighted by atomic mass is 9.65. The van der Waals surface area contributed by atoms with Crippen LogP contribution in [0.15, 0.2) is 0 Å². The molecule has 2 fully saturated rings. The van der Waals surface area contributed by atoms with Crippen LogP contribution < -0.4 is 11.1 Å². The standard InChI is InChI=1S/C12H22N2O.ClH/c1-2-14-12(15)10-6-8-4-3-5-9(7-10)11(8)13;/h8-11H,2-7,13H2,1H3,(H,14,15);1H. The van der Waals surface area contributed by atoms with Crippen molar-refractivity contribution in [2.24, 2.45) is 23.5 Å². The van der Waals surface area contributed by atoms with E-state index in [1.54, 1.807) is 0 Å². The molecule has 0 radical (unpaired) electrons. The predicted molar refractivity (Wildman–Crippen MR) is 67.5 cm³/mol. The number of amides is 1. The molecule has 2 aliphatic rings. The lowest BCUT2D eigenvalue weighted by Crippen LogP contribution is -2.49. The first kappa shape index (κ1) is 13.8. The fraction of sp³-hybridized carbons (Fsp3) is 0.917. The van der Waals surface area contributed by atoms with Crippen LogP contribution in [0.25, 0.3) is 0 Å². The molecule has 4 heteroatoms. The smallest absolute Gasteiger partial charge is 0.223 e. The summed E-state index contributed by atoms with van der Waals surface area (Å²) in [6.45, 7) is 2.73. The molecule has 16 heavy (non-hydrogen) atoms. The van der Waals surface area contributed by atoms with Gasteiger partial charge in [0.15, 0.2) is 0 Å². The summed E-state index contributed by atoms with van der Waals surface area (Å²) in [6, 6.07) is 0.365. The molecular weight excluding hydrogens is 224 g/mol. The Morgan fingerprint density at radius 3 is 2.38 bits per heavy atom. The molecule has 2 aliphatic carbocycles. The van der Waals surface area contributed by atoms with Gasteiger partial charge in [0.05, 0.1) is 0 Å². The second-order valence-electron chi connectivity index (χ2n) is 5.09. The number of carbonyl (C=O) groups excluding carboxylic acids is 1. The largest absolute Gasteiger partial charge is 0.356 e. The van der Waals surface area contributed by atoms with Crippen molar-refractivity contribution in [3.63, 3.8) is 0 Å². The first-order chi connectivity index (χ1) is 7.22. The minimum Gasteiger partial charge on any atom is -0.356 e. The third kappa shape index (κ3) is 2.69. The highest BCUT2D eigenvalue weighted by molar-refractivity contribution is 5.85. The first-order valence-electron chi connectivity index (χ1n) is 6.25. The molecule has 0 heterocycles. The highest BCUT2D eigenvalue weighted by Crippen LogP contribution is 2.41. The van der Waals surface area contributed by atoms with E-state index < -0.39 is 0 Å². The molecule has 0 aliphatic heterocycles. The molecule has 0 spiro atoms. The topological polar surface area (TPSA) is 55.1 Å². The van der Waals surface area contributed by atoms with Crippen molar-refractivity contribution in [2.75, 3.05) is 6.54 Å². The quantitative estimate of drug-likeness (QED) is 0.779. The fourth-order valence-corrected chi connectivity index (χ4v) is 3.32. The second-order valence-corrected chi connectivity index (χ2v) is 5.09. The molecule has 1 amide bonds. The van der Waals surface area contributed by atoms with Crippen molar-refractivity contribution < 1.29 is 4.79 Å². The Kier molecular flexibility index (Phi) is 5.06. The van der Waals surface area contributed by atoms with Gasteiger partial charge in [0.1, 0.15) is 0 Å².